The van der Waals surface area contributed by atoms with Crippen LogP contribution in [0.3, 0.4) is 0 Å². The Balaban J connectivity index is 1.89. The maximum absolute atomic E-state index is 5.56. The van der Waals surface area contributed by atoms with Crippen molar-refractivity contribution in [3.05, 3.63) is 29.8 Å². The fraction of sp³-hybridized carbons (Fsp3) is 0.600. The van der Waals surface area contributed by atoms with E-state index >= 15 is 0 Å². The Morgan fingerprint density at radius 3 is 2.56 bits per heavy atom. The summed E-state index contributed by atoms with van der Waals surface area (Å²) in [6.07, 6.45) is 2.32. The summed E-state index contributed by atoms with van der Waals surface area (Å²) in [4.78, 5) is 0. The van der Waals surface area contributed by atoms with Gasteiger partial charge in [0.25, 0.3) is 0 Å². The second-order valence-corrected chi connectivity index (χ2v) is 5.37. The van der Waals surface area contributed by atoms with Gasteiger partial charge in [-0.1, -0.05) is 12.1 Å². The summed E-state index contributed by atoms with van der Waals surface area (Å²) in [6, 6.07) is 8.78. The normalized spacial score (nSPS) is 23.4. The van der Waals surface area contributed by atoms with Gasteiger partial charge in [-0.25, -0.2) is 0 Å². The van der Waals surface area contributed by atoms with E-state index in [-0.39, 0.29) is 5.41 Å². The third-order valence-corrected chi connectivity index (χ3v) is 4.45. The maximum Gasteiger partial charge on any atom is 0.0588 e. The van der Waals surface area contributed by atoms with E-state index in [1.54, 1.807) is 0 Å². The lowest BCUT2D eigenvalue weighted by Gasteiger charge is -2.49. The van der Waals surface area contributed by atoms with Crippen LogP contribution >= 0.6 is 0 Å². The van der Waals surface area contributed by atoms with Gasteiger partial charge in [0.2, 0.25) is 0 Å². The molecule has 0 saturated carbocycles. The Labute approximate surface area is 108 Å². The van der Waals surface area contributed by atoms with Gasteiger partial charge >= 0.3 is 0 Å². The Morgan fingerprint density at radius 1 is 1.17 bits per heavy atom. The fourth-order valence-corrected chi connectivity index (χ4v) is 3.19. The van der Waals surface area contributed by atoms with Gasteiger partial charge in [0.15, 0.2) is 0 Å². The van der Waals surface area contributed by atoms with Gasteiger partial charge in [0, 0.05) is 31.4 Å². The van der Waals surface area contributed by atoms with Crippen LogP contribution in [-0.4, -0.2) is 33.5 Å². The van der Waals surface area contributed by atoms with E-state index in [1.807, 2.05) is 7.05 Å². The molecule has 3 nitrogen and oxygen atoms in total. The standard InChI is InChI=1S/C15H21NO2/c1-16-14-4-2-3-13(9-14)15(10-18-11-15)12-5-7-17-8-6-12/h2-4,9,12,16H,5-8,10-11H2,1H3. The molecule has 2 aliphatic heterocycles. The van der Waals surface area contributed by atoms with Crippen LogP contribution in [-0.2, 0) is 14.9 Å². The van der Waals surface area contributed by atoms with Crippen molar-refractivity contribution in [2.75, 3.05) is 38.8 Å². The van der Waals surface area contributed by atoms with Gasteiger partial charge in [0.1, 0.15) is 0 Å². The highest BCUT2D eigenvalue weighted by Crippen LogP contribution is 2.44. The van der Waals surface area contributed by atoms with E-state index in [0.29, 0.717) is 5.92 Å². The van der Waals surface area contributed by atoms with Crippen molar-refractivity contribution in [3.8, 4) is 0 Å². The number of nitrogens with one attached hydrogen (secondary N) is 1. The minimum Gasteiger partial charge on any atom is -0.388 e. The summed E-state index contributed by atoms with van der Waals surface area (Å²) in [6.45, 7) is 3.53. The molecule has 2 fully saturated rings. The molecule has 1 aromatic carbocycles. The number of hydrogen-bond donors (Lipinski definition) is 1. The zero-order chi connectivity index (χ0) is 12.4. The van der Waals surface area contributed by atoms with Crippen LogP contribution in [0.15, 0.2) is 24.3 Å². The summed E-state index contributed by atoms with van der Waals surface area (Å²) in [5.74, 6) is 0.701. The zero-order valence-electron chi connectivity index (χ0n) is 10.9. The van der Waals surface area contributed by atoms with Crippen molar-refractivity contribution in [3.63, 3.8) is 0 Å². The maximum atomic E-state index is 5.56. The van der Waals surface area contributed by atoms with E-state index in [9.17, 15) is 0 Å². The van der Waals surface area contributed by atoms with Crippen molar-refractivity contribution in [1.82, 2.24) is 0 Å². The molecule has 0 bridgehead atoms. The van der Waals surface area contributed by atoms with Crippen LogP contribution < -0.4 is 5.32 Å². The van der Waals surface area contributed by atoms with Crippen LogP contribution in [0.1, 0.15) is 18.4 Å². The second kappa shape index (κ2) is 4.90. The van der Waals surface area contributed by atoms with E-state index < -0.39 is 0 Å². The fourth-order valence-electron chi connectivity index (χ4n) is 3.19. The Kier molecular flexibility index (Phi) is 3.27. The number of benzene rings is 1. The summed E-state index contributed by atoms with van der Waals surface area (Å²) < 4.78 is 11.0. The molecule has 0 radical (unpaired) electrons. The predicted octanol–water partition coefficient (Wildman–Crippen LogP) is 2.42. The lowest BCUT2D eigenvalue weighted by Crippen LogP contribution is -2.53. The third-order valence-electron chi connectivity index (χ3n) is 4.45. The molecule has 0 aromatic heterocycles. The van der Waals surface area contributed by atoms with Gasteiger partial charge in [-0.2, -0.15) is 0 Å². The Bertz CT molecular complexity index is 409. The molecule has 3 rings (SSSR count). The first-order chi connectivity index (χ1) is 8.85. The van der Waals surface area contributed by atoms with Crippen molar-refractivity contribution in [2.45, 2.75) is 18.3 Å². The van der Waals surface area contributed by atoms with Crippen LogP contribution in [0, 0.1) is 5.92 Å². The Hall–Kier alpha value is -1.06. The molecular weight excluding hydrogens is 226 g/mol. The lowest BCUT2D eigenvalue weighted by atomic mass is 9.66. The zero-order valence-corrected chi connectivity index (χ0v) is 10.9. The molecule has 2 heterocycles. The topological polar surface area (TPSA) is 30.5 Å². The third kappa shape index (κ3) is 1.91. The van der Waals surface area contributed by atoms with Crippen molar-refractivity contribution in [1.29, 1.82) is 0 Å². The number of ether oxygens (including phenoxy) is 2. The molecule has 0 atom stereocenters. The van der Waals surface area contributed by atoms with Gasteiger partial charge in [-0.3, -0.25) is 0 Å². The minimum absolute atomic E-state index is 0.233. The predicted molar refractivity (Wildman–Crippen MR) is 72.0 cm³/mol. The molecule has 98 valence electrons. The largest absolute Gasteiger partial charge is 0.388 e. The van der Waals surface area contributed by atoms with Gasteiger partial charge in [-0.15, -0.1) is 0 Å². The summed E-state index contributed by atoms with van der Waals surface area (Å²) in [5, 5.41) is 3.23. The van der Waals surface area contributed by atoms with Gasteiger partial charge < -0.3 is 14.8 Å². The second-order valence-electron chi connectivity index (χ2n) is 5.37. The van der Waals surface area contributed by atoms with E-state index in [0.717, 1.165) is 39.3 Å². The summed E-state index contributed by atoms with van der Waals surface area (Å²) in [5.41, 5.74) is 2.84. The first-order valence-electron chi connectivity index (χ1n) is 6.79. The van der Waals surface area contributed by atoms with E-state index in [4.69, 9.17) is 9.47 Å². The summed E-state index contributed by atoms with van der Waals surface area (Å²) in [7, 11) is 1.97. The molecule has 18 heavy (non-hydrogen) atoms. The van der Waals surface area contributed by atoms with Crippen molar-refractivity contribution < 1.29 is 9.47 Å². The molecule has 2 aliphatic rings. The Morgan fingerprint density at radius 2 is 1.94 bits per heavy atom. The average molecular weight is 247 g/mol. The van der Waals surface area contributed by atoms with Crippen molar-refractivity contribution in [2.24, 2.45) is 5.92 Å². The highest BCUT2D eigenvalue weighted by Gasteiger charge is 2.47. The molecule has 0 amide bonds. The molecular formula is C15H21NO2. The van der Waals surface area contributed by atoms with Crippen molar-refractivity contribution >= 4 is 5.69 Å². The first kappa shape index (κ1) is 12.0. The van der Waals surface area contributed by atoms with E-state index in [1.165, 1.54) is 11.3 Å². The smallest absolute Gasteiger partial charge is 0.0588 e. The van der Waals surface area contributed by atoms with Crippen LogP contribution in [0.5, 0.6) is 0 Å². The highest BCUT2D eigenvalue weighted by atomic mass is 16.5. The van der Waals surface area contributed by atoms with Crippen LogP contribution in [0.2, 0.25) is 0 Å². The molecule has 1 aromatic rings. The van der Waals surface area contributed by atoms with Gasteiger partial charge in [-0.05, 0) is 36.5 Å². The van der Waals surface area contributed by atoms with E-state index in [2.05, 4.69) is 29.6 Å². The molecule has 3 heteroatoms. The number of anilines is 1. The molecule has 0 aliphatic carbocycles. The minimum atomic E-state index is 0.233. The monoisotopic (exact) mass is 247 g/mol. The molecule has 1 N–H and O–H groups in total. The average Bonchev–Trinajstić information content (AvgIpc) is 2.39. The van der Waals surface area contributed by atoms with Crippen LogP contribution in [0.25, 0.3) is 0 Å². The highest BCUT2D eigenvalue weighted by molar-refractivity contribution is 5.48. The summed E-state index contributed by atoms with van der Waals surface area (Å²) >= 11 is 0. The first-order valence-corrected chi connectivity index (χ1v) is 6.79. The SMILES string of the molecule is CNc1cccc(C2(C3CCOCC3)COC2)c1. The molecule has 0 spiro atoms. The lowest BCUT2D eigenvalue weighted by molar-refractivity contribution is -0.111. The van der Waals surface area contributed by atoms with Crippen LogP contribution in [0.4, 0.5) is 5.69 Å². The number of rotatable bonds is 3. The molecule has 2 saturated heterocycles. The number of hydrogen-bond acceptors (Lipinski definition) is 3. The molecule has 0 unspecified atom stereocenters. The van der Waals surface area contributed by atoms with Gasteiger partial charge in [0.05, 0.1) is 13.2 Å². The quantitative estimate of drug-likeness (QED) is 0.890.